The minimum absolute atomic E-state index is 0.103. The van der Waals surface area contributed by atoms with Crippen molar-refractivity contribution in [3.05, 3.63) is 33.0 Å². The first-order valence-electron chi connectivity index (χ1n) is 8.79. The molecule has 4 nitrogen and oxygen atoms in total. The zero-order chi connectivity index (χ0) is 20.1. The third-order valence-electron chi connectivity index (χ3n) is 3.33. The van der Waals surface area contributed by atoms with Crippen LogP contribution in [0.4, 0.5) is 4.39 Å². The summed E-state index contributed by atoms with van der Waals surface area (Å²) in [6, 6.07) is 2.92. The summed E-state index contributed by atoms with van der Waals surface area (Å²) < 4.78 is 25.7. The molecule has 0 amide bonds. The number of halogens is 4. The van der Waals surface area contributed by atoms with Crippen LogP contribution in [0.5, 0.6) is 11.5 Å². The van der Waals surface area contributed by atoms with E-state index < -0.39 is 5.82 Å². The van der Waals surface area contributed by atoms with E-state index in [1.807, 2.05) is 13.8 Å². The summed E-state index contributed by atoms with van der Waals surface area (Å²) >= 11 is 14.3. The van der Waals surface area contributed by atoms with E-state index in [-0.39, 0.29) is 16.8 Å². The van der Waals surface area contributed by atoms with E-state index >= 15 is 0 Å². The highest BCUT2D eigenvalue weighted by Gasteiger charge is 2.11. The van der Waals surface area contributed by atoms with Crippen LogP contribution < -0.4 is 9.47 Å². The smallest absolute Gasteiger partial charge is 0.169 e. The number of hydrogen-bond acceptors (Lipinski definition) is 4. The SMILES string of the molecule is CC(C)=NOCCCCCCCOc1c(F)cc(OCC=C(Cl)Cl)cc1Br. The molecule has 0 aliphatic carbocycles. The summed E-state index contributed by atoms with van der Waals surface area (Å²) in [5, 5.41) is 3.89. The van der Waals surface area contributed by atoms with Crippen LogP contribution in [-0.2, 0) is 4.84 Å². The van der Waals surface area contributed by atoms with Gasteiger partial charge in [0.2, 0.25) is 0 Å². The fourth-order valence-corrected chi connectivity index (χ4v) is 2.76. The van der Waals surface area contributed by atoms with Crippen molar-refractivity contribution in [1.82, 2.24) is 0 Å². The predicted molar refractivity (Wildman–Crippen MR) is 113 cm³/mol. The Labute approximate surface area is 178 Å². The number of ether oxygens (including phenoxy) is 2. The van der Waals surface area contributed by atoms with Gasteiger partial charge in [-0.05, 0) is 61.2 Å². The molecular formula is C19H25BrCl2FNO3. The normalized spacial score (nSPS) is 10.3. The number of unbranched alkanes of at least 4 members (excludes halogenated alkanes) is 4. The minimum atomic E-state index is -0.482. The number of benzene rings is 1. The Morgan fingerprint density at radius 2 is 1.74 bits per heavy atom. The topological polar surface area (TPSA) is 40.0 Å². The van der Waals surface area contributed by atoms with Crippen molar-refractivity contribution in [2.45, 2.75) is 46.0 Å². The number of rotatable bonds is 13. The summed E-state index contributed by atoms with van der Waals surface area (Å²) in [5.74, 6) is 0.0705. The molecule has 0 bridgehead atoms. The monoisotopic (exact) mass is 483 g/mol. The van der Waals surface area contributed by atoms with Crippen molar-refractivity contribution in [3.8, 4) is 11.5 Å². The lowest BCUT2D eigenvalue weighted by molar-refractivity contribution is 0.139. The fourth-order valence-electron chi connectivity index (χ4n) is 2.11. The van der Waals surface area contributed by atoms with E-state index in [1.165, 1.54) is 12.1 Å². The van der Waals surface area contributed by atoms with Crippen LogP contribution in [0.1, 0.15) is 46.0 Å². The minimum Gasteiger partial charge on any atom is -0.489 e. The van der Waals surface area contributed by atoms with Gasteiger partial charge in [-0.2, -0.15) is 0 Å². The van der Waals surface area contributed by atoms with Gasteiger partial charge in [0.05, 0.1) is 16.8 Å². The van der Waals surface area contributed by atoms with Crippen LogP contribution in [0.3, 0.4) is 0 Å². The third-order valence-corrected chi connectivity index (χ3v) is 4.23. The van der Waals surface area contributed by atoms with Crippen molar-refractivity contribution >= 4 is 44.8 Å². The standard InChI is InChI=1S/C19H25BrCl2FNO3/c1-14(2)24-27-10-7-5-3-4-6-9-26-19-16(20)12-15(13-17(19)23)25-11-8-18(21)22/h8,12-13H,3-7,9-11H2,1-2H3. The third kappa shape index (κ3) is 11.5. The molecule has 27 heavy (non-hydrogen) atoms. The van der Waals surface area contributed by atoms with Gasteiger partial charge < -0.3 is 14.3 Å². The van der Waals surface area contributed by atoms with Crippen LogP contribution in [0.2, 0.25) is 0 Å². The number of hydrogen-bond donors (Lipinski definition) is 0. The molecule has 0 heterocycles. The van der Waals surface area contributed by atoms with E-state index in [0.29, 0.717) is 23.4 Å². The molecule has 152 valence electrons. The van der Waals surface area contributed by atoms with Crippen molar-refractivity contribution in [1.29, 1.82) is 0 Å². The van der Waals surface area contributed by atoms with Crippen LogP contribution in [0.25, 0.3) is 0 Å². The maximum atomic E-state index is 14.2. The molecule has 0 radical (unpaired) electrons. The number of nitrogens with zero attached hydrogens (tertiary/aromatic N) is 1. The van der Waals surface area contributed by atoms with Crippen molar-refractivity contribution in [3.63, 3.8) is 0 Å². The first-order chi connectivity index (χ1) is 12.9. The molecule has 0 atom stereocenters. The van der Waals surface area contributed by atoms with Gasteiger partial charge in [0.15, 0.2) is 11.6 Å². The molecule has 0 aliphatic heterocycles. The van der Waals surface area contributed by atoms with Gasteiger partial charge in [-0.25, -0.2) is 4.39 Å². The first-order valence-corrected chi connectivity index (χ1v) is 10.3. The van der Waals surface area contributed by atoms with Gasteiger partial charge in [-0.1, -0.05) is 41.2 Å². The molecule has 0 saturated carbocycles. The molecule has 1 aromatic rings. The molecule has 0 N–H and O–H groups in total. The molecule has 0 unspecified atom stereocenters. The second kappa shape index (κ2) is 14.1. The summed E-state index contributed by atoms with van der Waals surface area (Å²) in [6.07, 6.45) is 6.48. The lowest BCUT2D eigenvalue weighted by atomic mass is 10.1. The molecule has 0 spiro atoms. The molecule has 8 heteroatoms. The summed E-state index contributed by atoms with van der Waals surface area (Å²) in [5.41, 5.74) is 0.918. The van der Waals surface area contributed by atoms with Gasteiger partial charge in [-0.15, -0.1) is 0 Å². The maximum absolute atomic E-state index is 14.2. The van der Waals surface area contributed by atoms with E-state index in [1.54, 1.807) is 6.07 Å². The predicted octanol–water partition coefficient (Wildman–Crippen LogP) is 7.03. The molecule has 0 aliphatic rings. The largest absolute Gasteiger partial charge is 0.489 e. The first kappa shape index (κ1) is 24.1. The molecule has 0 aromatic heterocycles. The molecular weight excluding hydrogens is 460 g/mol. The molecule has 1 aromatic carbocycles. The highest BCUT2D eigenvalue weighted by Crippen LogP contribution is 2.33. The quantitative estimate of drug-likeness (QED) is 0.171. The van der Waals surface area contributed by atoms with E-state index in [2.05, 4.69) is 21.1 Å². The summed E-state index contributed by atoms with van der Waals surface area (Å²) in [7, 11) is 0. The van der Waals surface area contributed by atoms with Gasteiger partial charge in [0, 0.05) is 6.07 Å². The molecule has 0 saturated heterocycles. The maximum Gasteiger partial charge on any atom is 0.169 e. The molecule has 0 fully saturated rings. The lowest BCUT2D eigenvalue weighted by Gasteiger charge is -2.11. The Kier molecular flexibility index (Phi) is 12.5. The zero-order valence-electron chi connectivity index (χ0n) is 15.6. The fraction of sp³-hybridized carbons (Fsp3) is 0.526. The average Bonchev–Trinajstić information content (AvgIpc) is 2.58. The van der Waals surface area contributed by atoms with Crippen LogP contribution in [0, 0.1) is 5.82 Å². The Balaban J connectivity index is 2.24. The molecule has 1 rings (SSSR count). The van der Waals surface area contributed by atoms with E-state index in [4.69, 9.17) is 37.5 Å². The highest BCUT2D eigenvalue weighted by molar-refractivity contribution is 9.10. The van der Waals surface area contributed by atoms with E-state index in [9.17, 15) is 4.39 Å². The van der Waals surface area contributed by atoms with Gasteiger partial charge in [-0.3, -0.25) is 0 Å². The second-order valence-electron chi connectivity index (χ2n) is 6.01. The van der Waals surface area contributed by atoms with Gasteiger partial charge in [0.1, 0.15) is 23.5 Å². The summed E-state index contributed by atoms with van der Waals surface area (Å²) in [6.45, 7) is 5.05. The zero-order valence-corrected chi connectivity index (χ0v) is 18.7. The van der Waals surface area contributed by atoms with Crippen LogP contribution >= 0.6 is 39.1 Å². The average molecular weight is 485 g/mol. The van der Waals surface area contributed by atoms with Crippen molar-refractivity contribution < 1.29 is 18.7 Å². The second-order valence-corrected chi connectivity index (χ2v) is 7.87. The van der Waals surface area contributed by atoms with Crippen LogP contribution in [0.15, 0.2) is 32.3 Å². The lowest BCUT2D eigenvalue weighted by Crippen LogP contribution is -2.02. The number of oxime groups is 1. The van der Waals surface area contributed by atoms with Gasteiger partial charge >= 0.3 is 0 Å². The van der Waals surface area contributed by atoms with Gasteiger partial charge in [0.25, 0.3) is 0 Å². The van der Waals surface area contributed by atoms with Crippen LogP contribution in [-0.4, -0.2) is 25.5 Å². The Bertz CT molecular complexity index is 610. The van der Waals surface area contributed by atoms with Crippen molar-refractivity contribution in [2.75, 3.05) is 19.8 Å². The Hall–Kier alpha value is -0.980. The Morgan fingerprint density at radius 1 is 1.07 bits per heavy atom. The van der Waals surface area contributed by atoms with Crippen molar-refractivity contribution in [2.24, 2.45) is 5.16 Å². The Morgan fingerprint density at radius 3 is 2.37 bits per heavy atom. The summed E-state index contributed by atoms with van der Waals surface area (Å²) in [4.78, 5) is 5.14. The highest BCUT2D eigenvalue weighted by atomic mass is 79.9. The van der Waals surface area contributed by atoms with E-state index in [0.717, 1.165) is 37.8 Å².